The van der Waals surface area contributed by atoms with E-state index in [0.29, 0.717) is 18.8 Å². The van der Waals surface area contributed by atoms with Crippen molar-refractivity contribution in [3.05, 3.63) is 71.0 Å². The Balaban J connectivity index is 2.01. The van der Waals surface area contributed by atoms with Crippen molar-refractivity contribution in [1.29, 1.82) is 0 Å². The van der Waals surface area contributed by atoms with Gasteiger partial charge in [0.15, 0.2) is 4.91 Å². The first-order chi connectivity index (χ1) is 12.9. The number of hydrogen-bond donors (Lipinski definition) is 1. The zero-order chi connectivity index (χ0) is 19.4. The summed E-state index contributed by atoms with van der Waals surface area (Å²) in [6.07, 6.45) is 2.81. The molecule has 0 radical (unpaired) electrons. The summed E-state index contributed by atoms with van der Waals surface area (Å²) in [7, 11) is -4.31. The van der Waals surface area contributed by atoms with Crippen molar-refractivity contribution in [2.24, 2.45) is 0 Å². The summed E-state index contributed by atoms with van der Waals surface area (Å²) in [6.45, 7) is 2.92. The normalized spacial score (nSPS) is 15.0. The van der Waals surface area contributed by atoms with Crippen molar-refractivity contribution in [2.45, 2.75) is 24.7 Å². The van der Waals surface area contributed by atoms with Gasteiger partial charge < -0.3 is 10.2 Å². The SMILES string of the molecule is Cc1ccc(NC=C(C(=O)N2CCCC2)S(=O)(=O)c2ccccc2F)cc1. The second-order valence-corrected chi connectivity index (χ2v) is 8.34. The fraction of sp³-hybridized carbons (Fsp3) is 0.250. The third-order valence-corrected chi connectivity index (χ3v) is 6.22. The summed E-state index contributed by atoms with van der Waals surface area (Å²) < 4.78 is 40.2. The zero-order valence-corrected chi connectivity index (χ0v) is 15.8. The monoisotopic (exact) mass is 388 g/mol. The van der Waals surface area contributed by atoms with Gasteiger partial charge in [0.2, 0.25) is 9.84 Å². The molecule has 1 heterocycles. The Bertz CT molecular complexity index is 963. The van der Waals surface area contributed by atoms with Gasteiger partial charge in [0.05, 0.1) is 0 Å². The zero-order valence-electron chi connectivity index (χ0n) is 15.0. The van der Waals surface area contributed by atoms with Crippen LogP contribution in [0.25, 0.3) is 0 Å². The van der Waals surface area contributed by atoms with Crippen LogP contribution in [0.1, 0.15) is 18.4 Å². The van der Waals surface area contributed by atoms with Gasteiger partial charge in [-0.05, 0) is 44.0 Å². The smallest absolute Gasteiger partial charge is 0.267 e. The Morgan fingerprint density at radius 2 is 1.70 bits per heavy atom. The van der Waals surface area contributed by atoms with Crippen molar-refractivity contribution >= 4 is 21.4 Å². The predicted molar refractivity (Wildman–Crippen MR) is 102 cm³/mol. The molecule has 2 aromatic rings. The van der Waals surface area contributed by atoms with E-state index in [2.05, 4.69) is 5.32 Å². The molecule has 0 saturated carbocycles. The lowest BCUT2D eigenvalue weighted by Gasteiger charge is -2.18. The van der Waals surface area contributed by atoms with Gasteiger partial charge in [-0.15, -0.1) is 0 Å². The van der Waals surface area contributed by atoms with Gasteiger partial charge in [0, 0.05) is 25.0 Å². The third-order valence-electron chi connectivity index (χ3n) is 4.44. The third kappa shape index (κ3) is 4.19. The lowest BCUT2D eigenvalue weighted by atomic mass is 10.2. The van der Waals surface area contributed by atoms with E-state index in [1.807, 2.05) is 19.1 Å². The van der Waals surface area contributed by atoms with Gasteiger partial charge in [0.25, 0.3) is 5.91 Å². The molecule has 1 aliphatic rings. The van der Waals surface area contributed by atoms with Gasteiger partial charge in [-0.2, -0.15) is 0 Å². The minimum absolute atomic E-state index is 0.463. The number of nitrogens with one attached hydrogen (secondary N) is 1. The molecule has 142 valence electrons. The van der Waals surface area contributed by atoms with Gasteiger partial charge in [-0.25, -0.2) is 12.8 Å². The second kappa shape index (κ2) is 7.92. The molecule has 2 aromatic carbocycles. The maximum atomic E-state index is 14.1. The number of benzene rings is 2. The standard InChI is InChI=1S/C20H21FN2O3S/c1-15-8-10-16(11-9-15)22-14-19(20(24)23-12-4-5-13-23)27(25,26)18-7-3-2-6-17(18)21/h2-3,6-11,14,22H,4-5,12-13H2,1H3. The highest BCUT2D eigenvalue weighted by atomic mass is 32.2. The summed E-state index contributed by atoms with van der Waals surface area (Å²) in [6, 6.07) is 12.4. The van der Waals surface area contributed by atoms with E-state index in [-0.39, 0.29) is 0 Å². The molecule has 27 heavy (non-hydrogen) atoms. The molecular formula is C20H21FN2O3S. The lowest BCUT2D eigenvalue weighted by Crippen LogP contribution is -2.32. The quantitative estimate of drug-likeness (QED) is 0.797. The highest BCUT2D eigenvalue weighted by Gasteiger charge is 2.33. The minimum Gasteiger partial charge on any atom is -0.360 e. The van der Waals surface area contributed by atoms with Crippen molar-refractivity contribution in [3.8, 4) is 0 Å². The van der Waals surface area contributed by atoms with E-state index in [4.69, 9.17) is 0 Å². The number of carbonyl (C=O) groups is 1. The van der Waals surface area contributed by atoms with E-state index in [1.54, 1.807) is 12.1 Å². The average molecular weight is 388 g/mol. The average Bonchev–Trinajstić information content (AvgIpc) is 3.18. The molecule has 7 heteroatoms. The Morgan fingerprint density at radius 3 is 2.33 bits per heavy atom. The van der Waals surface area contributed by atoms with Gasteiger partial charge in [-0.3, -0.25) is 4.79 Å². The molecule has 3 rings (SSSR count). The highest BCUT2D eigenvalue weighted by Crippen LogP contribution is 2.25. The van der Waals surface area contributed by atoms with E-state index in [0.717, 1.165) is 30.7 Å². The fourth-order valence-corrected chi connectivity index (χ4v) is 4.30. The minimum atomic E-state index is -4.31. The summed E-state index contributed by atoms with van der Waals surface area (Å²) in [5, 5.41) is 2.86. The van der Waals surface area contributed by atoms with E-state index in [9.17, 15) is 17.6 Å². The largest absolute Gasteiger partial charge is 0.360 e. The van der Waals surface area contributed by atoms with E-state index >= 15 is 0 Å². The first kappa shape index (κ1) is 19.1. The van der Waals surface area contributed by atoms with Crippen LogP contribution in [0.15, 0.2) is 64.5 Å². The Kier molecular flexibility index (Phi) is 5.60. The molecule has 5 nitrogen and oxygen atoms in total. The first-order valence-corrected chi connectivity index (χ1v) is 10.2. The fourth-order valence-electron chi connectivity index (χ4n) is 2.91. The van der Waals surface area contributed by atoms with Crippen LogP contribution in [0.5, 0.6) is 0 Å². The van der Waals surface area contributed by atoms with Crippen molar-refractivity contribution < 1.29 is 17.6 Å². The highest BCUT2D eigenvalue weighted by molar-refractivity contribution is 7.96. The Labute approximate surface area is 158 Å². The van der Waals surface area contributed by atoms with E-state index < -0.39 is 31.4 Å². The number of aryl methyl sites for hydroxylation is 1. The van der Waals surface area contributed by atoms with Crippen LogP contribution in [-0.2, 0) is 14.6 Å². The van der Waals surface area contributed by atoms with Gasteiger partial charge >= 0.3 is 0 Å². The maximum absolute atomic E-state index is 14.1. The number of rotatable bonds is 5. The van der Waals surface area contributed by atoms with Gasteiger partial charge in [0.1, 0.15) is 10.7 Å². The first-order valence-electron chi connectivity index (χ1n) is 8.72. The van der Waals surface area contributed by atoms with Crippen LogP contribution in [0.2, 0.25) is 0 Å². The number of carbonyl (C=O) groups excluding carboxylic acids is 1. The topological polar surface area (TPSA) is 66.5 Å². The van der Waals surface area contributed by atoms with Crippen LogP contribution in [0.4, 0.5) is 10.1 Å². The molecule has 0 spiro atoms. The summed E-state index contributed by atoms with van der Waals surface area (Å²) >= 11 is 0. The number of nitrogens with zero attached hydrogens (tertiary/aromatic N) is 1. The van der Waals surface area contributed by atoms with Crippen LogP contribution in [0.3, 0.4) is 0 Å². The number of sulfone groups is 1. The molecule has 0 atom stereocenters. The summed E-state index contributed by atoms with van der Waals surface area (Å²) in [5.41, 5.74) is 1.69. The predicted octanol–water partition coefficient (Wildman–Crippen LogP) is 3.48. The molecule has 0 aliphatic carbocycles. The second-order valence-electron chi connectivity index (χ2n) is 6.45. The van der Waals surface area contributed by atoms with Crippen molar-refractivity contribution in [3.63, 3.8) is 0 Å². The Morgan fingerprint density at radius 1 is 1.07 bits per heavy atom. The molecule has 1 saturated heterocycles. The number of halogens is 1. The van der Waals surface area contributed by atoms with Crippen molar-refractivity contribution in [1.82, 2.24) is 4.90 Å². The summed E-state index contributed by atoms with van der Waals surface area (Å²) in [4.78, 5) is 13.4. The van der Waals surface area contributed by atoms with Gasteiger partial charge in [-0.1, -0.05) is 29.8 Å². The molecule has 0 unspecified atom stereocenters. The molecular weight excluding hydrogens is 367 g/mol. The lowest BCUT2D eigenvalue weighted by molar-refractivity contribution is -0.125. The number of likely N-dealkylation sites (tertiary alicyclic amines) is 1. The van der Waals surface area contributed by atoms with Crippen LogP contribution in [-0.4, -0.2) is 32.3 Å². The molecule has 0 aromatic heterocycles. The van der Waals surface area contributed by atoms with Crippen LogP contribution < -0.4 is 5.32 Å². The van der Waals surface area contributed by atoms with E-state index in [1.165, 1.54) is 23.1 Å². The molecule has 1 N–H and O–H groups in total. The van der Waals surface area contributed by atoms with Crippen LogP contribution in [0, 0.1) is 12.7 Å². The molecule has 1 amide bonds. The maximum Gasteiger partial charge on any atom is 0.267 e. The molecule has 0 bridgehead atoms. The summed E-state index contributed by atoms with van der Waals surface area (Å²) in [5.74, 6) is -1.50. The number of amides is 1. The molecule has 1 fully saturated rings. The van der Waals surface area contributed by atoms with Crippen molar-refractivity contribution in [2.75, 3.05) is 18.4 Å². The molecule has 1 aliphatic heterocycles. The number of hydrogen-bond acceptors (Lipinski definition) is 4. The Hall–Kier alpha value is -2.67. The number of anilines is 1. The van der Waals surface area contributed by atoms with Crippen LogP contribution >= 0.6 is 0 Å².